The zero-order chi connectivity index (χ0) is 14.9. The molecule has 2 aromatic rings. The minimum atomic E-state index is -3.78. The van der Waals surface area contributed by atoms with Crippen LogP contribution in [0.3, 0.4) is 0 Å². The van der Waals surface area contributed by atoms with E-state index in [1.165, 1.54) is 24.4 Å². The van der Waals surface area contributed by atoms with Crippen LogP contribution in [0.5, 0.6) is 0 Å². The second-order valence-electron chi connectivity index (χ2n) is 4.12. The molecule has 106 valence electrons. The molecule has 0 amide bonds. The Balaban J connectivity index is 2.38. The molecule has 0 spiro atoms. The summed E-state index contributed by atoms with van der Waals surface area (Å²) in [5.41, 5.74) is 6.95. The van der Waals surface area contributed by atoms with Gasteiger partial charge < -0.3 is 5.73 Å². The number of rotatable bonds is 3. The van der Waals surface area contributed by atoms with E-state index in [1.807, 2.05) is 6.92 Å². The molecular formula is C12H11BrClN3O2S. The number of pyridine rings is 1. The Morgan fingerprint density at radius 1 is 1.35 bits per heavy atom. The fourth-order valence-electron chi connectivity index (χ4n) is 1.59. The van der Waals surface area contributed by atoms with Crippen molar-refractivity contribution in [3.8, 4) is 0 Å². The Morgan fingerprint density at radius 3 is 2.65 bits per heavy atom. The van der Waals surface area contributed by atoms with E-state index in [9.17, 15) is 8.42 Å². The Bertz CT molecular complexity index is 765. The predicted octanol–water partition coefficient (Wildman–Crippen LogP) is 3.19. The van der Waals surface area contributed by atoms with Gasteiger partial charge in [-0.1, -0.05) is 11.6 Å². The van der Waals surface area contributed by atoms with E-state index in [4.69, 9.17) is 17.3 Å². The Labute approximate surface area is 130 Å². The summed E-state index contributed by atoms with van der Waals surface area (Å²) in [7, 11) is -3.78. The number of aryl methyl sites for hydroxylation is 1. The zero-order valence-corrected chi connectivity index (χ0v) is 13.6. The summed E-state index contributed by atoms with van der Waals surface area (Å²) in [4.78, 5) is 4.00. The average molecular weight is 377 g/mol. The van der Waals surface area contributed by atoms with E-state index in [-0.39, 0.29) is 10.6 Å². The van der Waals surface area contributed by atoms with E-state index in [0.29, 0.717) is 15.3 Å². The van der Waals surface area contributed by atoms with Gasteiger partial charge in [0, 0.05) is 5.02 Å². The number of halogens is 2. The molecule has 0 fully saturated rings. The standard InChI is InChI=1S/C12H11BrClN3O2S/c1-7-4-9(6-16-12(7)13)17-20(18,19)11-3-2-8(14)5-10(11)15/h2-6,17H,15H2,1H3. The smallest absolute Gasteiger partial charge is 0.263 e. The highest BCUT2D eigenvalue weighted by Gasteiger charge is 2.18. The van der Waals surface area contributed by atoms with Gasteiger partial charge in [0.2, 0.25) is 0 Å². The first kappa shape index (κ1) is 15.1. The van der Waals surface area contributed by atoms with Gasteiger partial charge in [0.05, 0.1) is 17.6 Å². The zero-order valence-electron chi connectivity index (χ0n) is 10.4. The highest BCUT2D eigenvalue weighted by molar-refractivity contribution is 9.10. The highest BCUT2D eigenvalue weighted by Crippen LogP contribution is 2.25. The molecular weight excluding hydrogens is 366 g/mol. The van der Waals surface area contributed by atoms with Crippen LogP contribution < -0.4 is 10.5 Å². The van der Waals surface area contributed by atoms with Crippen LogP contribution in [0.1, 0.15) is 5.56 Å². The van der Waals surface area contributed by atoms with Crippen LogP contribution in [0.4, 0.5) is 11.4 Å². The van der Waals surface area contributed by atoms with Gasteiger partial charge in [-0.15, -0.1) is 0 Å². The molecule has 0 aliphatic rings. The molecule has 5 nitrogen and oxygen atoms in total. The van der Waals surface area contributed by atoms with Crippen LogP contribution in [0.15, 0.2) is 40.0 Å². The maximum Gasteiger partial charge on any atom is 0.263 e. The second-order valence-corrected chi connectivity index (χ2v) is 6.96. The third kappa shape index (κ3) is 3.23. The van der Waals surface area contributed by atoms with Crippen molar-refractivity contribution in [1.82, 2.24) is 4.98 Å². The molecule has 2 rings (SSSR count). The van der Waals surface area contributed by atoms with Gasteiger partial charge >= 0.3 is 0 Å². The highest BCUT2D eigenvalue weighted by atomic mass is 79.9. The van der Waals surface area contributed by atoms with Gasteiger partial charge in [0.25, 0.3) is 10.0 Å². The Kier molecular flexibility index (Phi) is 4.22. The van der Waals surface area contributed by atoms with Crippen LogP contribution in [-0.4, -0.2) is 13.4 Å². The first-order valence-corrected chi connectivity index (χ1v) is 8.15. The maximum atomic E-state index is 12.3. The van der Waals surface area contributed by atoms with E-state index in [1.54, 1.807) is 6.07 Å². The van der Waals surface area contributed by atoms with Crippen molar-refractivity contribution >= 4 is 48.9 Å². The summed E-state index contributed by atoms with van der Waals surface area (Å²) < 4.78 is 27.6. The second kappa shape index (κ2) is 5.59. The molecule has 3 N–H and O–H groups in total. The fraction of sp³-hybridized carbons (Fsp3) is 0.0833. The average Bonchev–Trinajstić information content (AvgIpc) is 2.33. The summed E-state index contributed by atoms with van der Waals surface area (Å²) in [6.07, 6.45) is 1.42. The lowest BCUT2D eigenvalue weighted by Gasteiger charge is -2.11. The molecule has 1 heterocycles. The van der Waals surface area contributed by atoms with Crippen LogP contribution in [-0.2, 0) is 10.0 Å². The van der Waals surface area contributed by atoms with Crippen molar-refractivity contribution < 1.29 is 8.42 Å². The number of hydrogen-bond donors (Lipinski definition) is 2. The van der Waals surface area contributed by atoms with Gasteiger partial charge in [0.15, 0.2) is 0 Å². The number of sulfonamides is 1. The van der Waals surface area contributed by atoms with E-state index in [0.717, 1.165) is 5.56 Å². The van der Waals surface area contributed by atoms with Gasteiger partial charge in [-0.3, -0.25) is 4.72 Å². The molecule has 1 aromatic heterocycles. The number of anilines is 2. The molecule has 0 saturated heterocycles. The predicted molar refractivity (Wildman–Crippen MR) is 83.3 cm³/mol. The number of nitrogens with one attached hydrogen (secondary N) is 1. The van der Waals surface area contributed by atoms with E-state index < -0.39 is 10.0 Å². The Morgan fingerprint density at radius 2 is 2.05 bits per heavy atom. The third-order valence-electron chi connectivity index (χ3n) is 2.53. The normalized spacial score (nSPS) is 11.3. The molecule has 0 atom stereocenters. The van der Waals surface area contributed by atoms with Gasteiger partial charge in [0.1, 0.15) is 9.50 Å². The number of nitrogen functional groups attached to an aromatic ring is 1. The van der Waals surface area contributed by atoms with Gasteiger partial charge in [-0.25, -0.2) is 13.4 Å². The van der Waals surface area contributed by atoms with Crippen molar-refractivity contribution in [3.63, 3.8) is 0 Å². The first-order chi connectivity index (χ1) is 9.29. The Hall–Kier alpha value is -1.31. The van der Waals surface area contributed by atoms with Crippen LogP contribution in [0, 0.1) is 6.92 Å². The summed E-state index contributed by atoms with van der Waals surface area (Å²) in [5.74, 6) is 0. The lowest BCUT2D eigenvalue weighted by Crippen LogP contribution is -2.15. The number of hydrogen-bond acceptors (Lipinski definition) is 4. The minimum absolute atomic E-state index is 0.0255. The summed E-state index contributed by atoms with van der Waals surface area (Å²) in [6, 6.07) is 5.89. The number of nitrogens with zero attached hydrogens (tertiary/aromatic N) is 1. The molecule has 0 bridgehead atoms. The van der Waals surface area contributed by atoms with Gasteiger partial charge in [-0.05, 0) is 52.7 Å². The molecule has 0 aliphatic carbocycles. The summed E-state index contributed by atoms with van der Waals surface area (Å²) in [6.45, 7) is 1.81. The number of aromatic nitrogens is 1. The molecule has 0 saturated carbocycles. The lowest BCUT2D eigenvalue weighted by atomic mass is 10.3. The summed E-state index contributed by atoms with van der Waals surface area (Å²) >= 11 is 9.01. The summed E-state index contributed by atoms with van der Waals surface area (Å²) in [5, 5.41) is 0.377. The van der Waals surface area contributed by atoms with Gasteiger partial charge in [-0.2, -0.15) is 0 Å². The van der Waals surface area contributed by atoms with E-state index >= 15 is 0 Å². The number of nitrogens with two attached hydrogens (primary N) is 1. The largest absolute Gasteiger partial charge is 0.398 e. The topological polar surface area (TPSA) is 85.1 Å². The minimum Gasteiger partial charge on any atom is -0.398 e. The van der Waals surface area contributed by atoms with Crippen molar-refractivity contribution in [2.75, 3.05) is 10.5 Å². The van der Waals surface area contributed by atoms with Crippen molar-refractivity contribution in [1.29, 1.82) is 0 Å². The SMILES string of the molecule is Cc1cc(NS(=O)(=O)c2ccc(Cl)cc2N)cnc1Br. The van der Waals surface area contributed by atoms with Crippen LogP contribution in [0.25, 0.3) is 0 Å². The quantitative estimate of drug-likeness (QED) is 0.636. The monoisotopic (exact) mass is 375 g/mol. The lowest BCUT2D eigenvalue weighted by molar-refractivity contribution is 0.601. The van der Waals surface area contributed by atoms with Crippen molar-refractivity contribution in [2.24, 2.45) is 0 Å². The molecule has 20 heavy (non-hydrogen) atoms. The molecule has 0 radical (unpaired) electrons. The third-order valence-corrected chi connectivity index (χ3v) is 5.05. The molecule has 8 heteroatoms. The molecule has 0 aliphatic heterocycles. The van der Waals surface area contributed by atoms with E-state index in [2.05, 4.69) is 25.6 Å². The first-order valence-electron chi connectivity index (χ1n) is 5.49. The van der Waals surface area contributed by atoms with Crippen molar-refractivity contribution in [2.45, 2.75) is 11.8 Å². The van der Waals surface area contributed by atoms with Crippen molar-refractivity contribution in [3.05, 3.63) is 45.7 Å². The maximum absolute atomic E-state index is 12.3. The molecule has 1 aromatic carbocycles. The number of benzene rings is 1. The van der Waals surface area contributed by atoms with Crippen LogP contribution >= 0.6 is 27.5 Å². The fourth-order valence-corrected chi connectivity index (χ4v) is 3.13. The molecule has 0 unspecified atom stereocenters. The van der Waals surface area contributed by atoms with Crippen LogP contribution in [0.2, 0.25) is 5.02 Å².